The number of halogens is 2. The molecule has 0 saturated carbocycles. The van der Waals surface area contributed by atoms with Crippen LogP contribution in [0.3, 0.4) is 0 Å². The quantitative estimate of drug-likeness (QED) is 0.439. The Morgan fingerprint density at radius 1 is 1.71 bits per heavy atom. The maximum Gasteiger partial charge on any atom is 1.00 e. The first kappa shape index (κ1) is 11.3. The molecule has 0 aliphatic rings. The number of carbonyl (C=O) groups is 1. The van der Waals surface area contributed by atoms with Gasteiger partial charge in [0, 0.05) is 0 Å². The molecule has 0 heterocycles. The van der Waals surface area contributed by atoms with E-state index < -0.39 is 9.71 Å². The van der Waals surface area contributed by atoms with Gasteiger partial charge in [-0.3, -0.25) is 4.79 Å². The molecule has 0 aliphatic heterocycles. The summed E-state index contributed by atoms with van der Waals surface area (Å²) in [6, 6.07) is 0. The van der Waals surface area contributed by atoms with E-state index in [0.29, 0.717) is 0 Å². The minimum atomic E-state index is -0.907. The van der Waals surface area contributed by atoms with E-state index in [0.717, 1.165) is 0 Å². The molecule has 2 nitrogen and oxygen atoms in total. The van der Waals surface area contributed by atoms with Crippen molar-refractivity contribution in [1.82, 2.24) is 0 Å². The van der Waals surface area contributed by atoms with Crippen molar-refractivity contribution in [2.45, 2.75) is 3.74 Å². The average molecular weight is 242 g/mol. The Morgan fingerprint density at radius 2 is 1.86 bits per heavy atom. The van der Waals surface area contributed by atoms with Crippen LogP contribution in [0.4, 0.5) is 0 Å². The third-order valence-electron chi connectivity index (χ3n) is 0.187. The largest absolute Gasteiger partial charge is 1.00 e. The normalized spacial score (nSPS) is 7.86. The van der Waals surface area contributed by atoms with E-state index in [1.54, 1.807) is 0 Å². The molecule has 0 unspecified atom stereocenters. The van der Waals surface area contributed by atoms with Crippen molar-refractivity contribution in [2.24, 2.45) is 0 Å². The van der Waals surface area contributed by atoms with E-state index in [-0.39, 0.29) is 31.0 Å². The van der Waals surface area contributed by atoms with Crippen LogP contribution >= 0.6 is 31.9 Å². The Bertz CT molecular complexity index is 69.1. The molecule has 0 bridgehead atoms. The molecule has 1 N–H and O–H groups in total. The van der Waals surface area contributed by atoms with Gasteiger partial charge in [-0.05, 0) is 0 Å². The zero-order valence-corrected chi connectivity index (χ0v) is 8.86. The molecule has 0 aromatic rings. The summed E-state index contributed by atoms with van der Waals surface area (Å²) in [6.45, 7) is 0. The number of carboxylic acids is 1. The van der Waals surface area contributed by atoms with Gasteiger partial charge in [0.15, 0.2) is 3.74 Å². The van der Waals surface area contributed by atoms with Gasteiger partial charge in [0.05, 0.1) is 0 Å². The van der Waals surface area contributed by atoms with Crippen LogP contribution in [0.25, 0.3) is 0 Å². The Kier molecular flexibility index (Phi) is 8.95. The van der Waals surface area contributed by atoms with Gasteiger partial charge in [-0.2, -0.15) is 0 Å². The van der Waals surface area contributed by atoms with Crippen LogP contribution in [0.2, 0.25) is 0 Å². The Balaban J connectivity index is -0.000000125. The van der Waals surface area contributed by atoms with Crippen molar-refractivity contribution in [1.29, 1.82) is 0 Å². The second-order valence-electron chi connectivity index (χ2n) is 0.639. The van der Waals surface area contributed by atoms with Gasteiger partial charge in [-0.25, -0.2) is 0 Å². The molecular formula is C2H3Br2NaO2. The molecule has 5 heteroatoms. The third-order valence-corrected chi connectivity index (χ3v) is 0.970. The molecule has 0 rings (SSSR count). The number of alkyl halides is 2. The van der Waals surface area contributed by atoms with Crippen LogP contribution in [0.5, 0.6) is 0 Å². The SMILES string of the molecule is O=C(O)C(Br)Br.[H-].[Na+]. The number of hydrogen-bond donors (Lipinski definition) is 1. The molecule has 7 heavy (non-hydrogen) atoms. The molecule has 0 spiro atoms. The van der Waals surface area contributed by atoms with Gasteiger partial charge in [0.2, 0.25) is 0 Å². The van der Waals surface area contributed by atoms with E-state index >= 15 is 0 Å². The summed E-state index contributed by atoms with van der Waals surface area (Å²) < 4.78 is -0.606. The first-order valence-corrected chi connectivity index (χ1v) is 2.98. The molecule has 0 atom stereocenters. The topological polar surface area (TPSA) is 37.3 Å². The maximum atomic E-state index is 9.61. The minimum Gasteiger partial charge on any atom is -1.00 e. The van der Waals surface area contributed by atoms with Crippen LogP contribution in [0, 0.1) is 0 Å². The predicted octanol–water partition coefficient (Wildman–Crippen LogP) is -1.70. The molecule has 0 aromatic carbocycles. The summed E-state index contributed by atoms with van der Waals surface area (Å²) in [7, 11) is 0. The standard InChI is InChI=1S/C2H2Br2O2.Na.H/c3-1(4)2(5)6;;/h1H,(H,5,6);;/q;+1;-1. The predicted molar refractivity (Wildman–Crippen MR) is 30.4 cm³/mol. The first-order valence-electron chi connectivity index (χ1n) is 1.15. The van der Waals surface area contributed by atoms with E-state index in [1.807, 2.05) is 0 Å². The first-order chi connectivity index (χ1) is 2.64. The number of rotatable bonds is 1. The average Bonchev–Trinajstić information content (AvgIpc) is 1.36. The minimum absolute atomic E-state index is 0. The molecule has 0 fully saturated rings. The fourth-order valence-corrected chi connectivity index (χ4v) is 0. The van der Waals surface area contributed by atoms with E-state index in [2.05, 4.69) is 31.9 Å². The van der Waals surface area contributed by atoms with Gasteiger partial charge in [0.1, 0.15) is 0 Å². The monoisotopic (exact) mass is 240 g/mol. The number of carboxylic acid groups (broad SMARTS) is 1. The Labute approximate surface area is 81.7 Å². The second-order valence-corrected chi connectivity index (χ2v) is 3.70. The Hall–Kier alpha value is 1.43. The fraction of sp³-hybridized carbons (Fsp3) is 0.500. The van der Waals surface area contributed by atoms with E-state index in [9.17, 15) is 4.79 Å². The second kappa shape index (κ2) is 5.56. The van der Waals surface area contributed by atoms with Crippen LogP contribution in [-0.4, -0.2) is 14.8 Å². The number of aliphatic carboxylic acids is 1. The summed E-state index contributed by atoms with van der Waals surface area (Å²) in [5.41, 5.74) is 0. The van der Waals surface area contributed by atoms with Crippen molar-refractivity contribution >= 4 is 37.8 Å². The summed E-state index contributed by atoms with van der Waals surface area (Å²) in [6.07, 6.45) is 0. The molecule has 38 valence electrons. The molecule has 0 amide bonds. The van der Waals surface area contributed by atoms with Crippen molar-refractivity contribution in [3.05, 3.63) is 0 Å². The third kappa shape index (κ3) is 7.43. The Morgan fingerprint density at radius 3 is 1.86 bits per heavy atom. The fourth-order valence-electron chi connectivity index (χ4n) is 0. The van der Waals surface area contributed by atoms with Crippen LogP contribution < -0.4 is 29.6 Å². The van der Waals surface area contributed by atoms with Gasteiger partial charge in [-0.1, -0.05) is 31.9 Å². The van der Waals surface area contributed by atoms with E-state index in [1.165, 1.54) is 0 Å². The van der Waals surface area contributed by atoms with Gasteiger partial charge in [-0.15, -0.1) is 0 Å². The number of hydrogen-bond acceptors (Lipinski definition) is 1. The summed E-state index contributed by atoms with van der Waals surface area (Å²) in [5.74, 6) is -0.907. The summed E-state index contributed by atoms with van der Waals surface area (Å²) >= 11 is 5.51. The smallest absolute Gasteiger partial charge is 1.00 e. The van der Waals surface area contributed by atoms with Gasteiger partial charge >= 0.3 is 35.5 Å². The molecule has 0 aromatic heterocycles. The molecule has 0 saturated heterocycles. The maximum absolute atomic E-state index is 9.61. The van der Waals surface area contributed by atoms with Gasteiger partial charge < -0.3 is 6.53 Å². The van der Waals surface area contributed by atoms with Crippen LogP contribution in [0.1, 0.15) is 1.43 Å². The zero-order valence-electron chi connectivity index (χ0n) is 4.69. The molecular weight excluding hydrogens is 239 g/mol. The summed E-state index contributed by atoms with van der Waals surface area (Å²) in [5, 5.41) is 7.90. The van der Waals surface area contributed by atoms with Crippen molar-refractivity contribution < 1.29 is 40.9 Å². The van der Waals surface area contributed by atoms with Gasteiger partial charge in [0.25, 0.3) is 0 Å². The van der Waals surface area contributed by atoms with Crippen molar-refractivity contribution in [2.75, 3.05) is 0 Å². The molecule has 0 radical (unpaired) electrons. The summed E-state index contributed by atoms with van der Waals surface area (Å²) in [4.78, 5) is 9.61. The van der Waals surface area contributed by atoms with Crippen molar-refractivity contribution in [3.63, 3.8) is 0 Å². The zero-order chi connectivity index (χ0) is 5.15. The van der Waals surface area contributed by atoms with Crippen LogP contribution in [0.15, 0.2) is 0 Å². The van der Waals surface area contributed by atoms with Crippen LogP contribution in [-0.2, 0) is 4.79 Å². The van der Waals surface area contributed by atoms with Crippen molar-refractivity contribution in [3.8, 4) is 0 Å². The van der Waals surface area contributed by atoms with E-state index in [4.69, 9.17) is 5.11 Å². The molecule has 0 aliphatic carbocycles.